The molecule has 0 aromatic heterocycles. The van der Waals surface area contributed by atoms with Crippen molar-refractivity contribution in [3.8, 4) is 0 Å². The second-order valence-electron chi connectivity index (χ2n) is 16.2. The van der Waals surface area contributed by atoms with Gasteiger partial charge in [0.15, 0.2) is 0 Å². The fraction of sp³-hybridized carbons (Fsp3) is 0.526. The summed E-state index contributed by atoms with van der Waals surface area (Å²) in [6.07, 6.45) is 4.55. The first-order valence-corrected chi connectivity index (χ1v) is 15.0. The molecule has 6 aliphatic carbocycles. The van der Waals surface area contributed by atoms with Crippen LogP contribution in [0.25, 0.3) is 11.1 Å². The number of hydrogen-bond acceptors (Lipinski definition) is 0. The lowest BCUT2D eigenvalue weighted by Crippen LogP contribution is -2.18. The molecule has 0 aliphatic heterocycles. The largest absolute Gasteiger partial charge is 0.0572 e. The minimum atomic E-state index is 0.0963. The second-order valence-corrected chi connectivity index (χ2v) is 16.2. The molecule has 0 saturated heterocycles. The molecule has 1 aromatic rings. The van der Waals surface area contributed by atoms with Gasteiger partial charge in [0, 0.05) is 10.8 Å². The van der Waals surface area contributed by atoms with Crippen molar-refractivity contribution in [1.82, 2.24) is 0 Å². The Balaban J connectivity index is 1.28. The summed E-state index contributed by atoms with van der Waals surface area (Å²) in [6, 6.07) is 5.27. The number of benzene rings is 1. The first-order valence-electron chi connectivity index (χ1n) is 15.0. The van der Waals surface area contributed by atoms with Crippen LogP contribution >= 0.6 is 0 Å². The molecule has 0 fully saturated rings. The van der Waals surface area contributed by atoms with E-state index in [-0.39, 0.29) is 21.7 Å². The van der Waals surface area contributed by atoms with Crippen molar-refractivity contribution in [2.45, 2.75) is 109 Å². The van der Waals surface area contributed by atoms with E-state index in [0.29, 0.717) is 0 Å². The maximum Gasteiger partial charge on any atom is 0.0161 e. The Morgan fingerprint density at radius 1 is 0.500 bits per heavy atom. The molecular formula is C38H46. The summed E-state index contributed by atoms with van der Waals surface area (Å²) in [7, 11) is 0. The molecule has 0 heterocycles. The standard InChI is InChI=1S/C38H46/c1-19-29(35(3,4)5)17-27-25-15-21-14-24-22(13-23(21)33(25)37(9,10)31(19)27)16-26-28-18-30(36(6,7)8)20(2)32(28)38(11,12)34(24)26/h13-14H,15-18H2,1-12H3. The molecule has 7 rings (SSSR count). The van der Waals surface area contributed by atoms with Crippen LogP contribution in [0.1, 0.15) is 118 Å². The SMILES string of the molecule is CC1=C(C(C)(C)C)CC2=C1C(C)(C)C1=C2Cc2cc3c(cc21)CC1=C3C(C)(C)C2=C1CC(C(C)(C)C)=C2C. The van der Waals surface area contributed by atoms with E-state index in [0.717, 1.165) is 25.7 Å². The van der Waals surface area contributed by atoms with Gasteiger partial charge in [0.1, 0.15) is 0 Å². The monoisotopic (exact) mass is 502 g/mol. The minimum Gasteiger partial charge on any atom is -0.0572 e. The minimum absolute atomic E-state index is 0.0963. The topological polar surface area (TPSA) is 0 Å². The van der Waals surface area contributed by atoms with E-state index in [2.05, 4.69) is 95.2 Å². The van der Waals surface area contributed by atoms with Crippen LogP contribution in [0.3, 0.4) is 0 Å². The van der Waals surface area contributed by atoms with Crippen LogP contribution in [0.4, 0.5) is 0 Å². The lowest BCUT2D eigenvalue weighted by Gasteiger charge is -2.31. The summed E-state index contributed by atoms with van der Waals surface area (Å²) < 4.78 is 0. The molecule has 0 heteroatoms. The van der Waals surface area contributed by atoms with Gasteiger partial charge in [-0.2, -0.15) is 0 Å². The number of fused-ring (bicyclic) bond motifs is 6. The molecule has 0 unspecified atom stereocenters. The average Bonchev–Trinajstić information content (AvgIpc) is 3.53. The molecule has 198 valence electrons. The van der Waals surface area contributed by atoms with Gasteiger partial charge in [-0.05, 0) is 128 Å². The summed E-state index contributed by atoms with van der Waals surface area (Å²) in [4.78, 5) is 0. The molecule has 38 heavy (non-hydrogen) atoms. The van der Waals surface area contributed by atoms with Crippen LogP contribution in [0.5, 0.6) is 0 Å². The van der Waals surface area contributed by atoms with Gasteiger partial charge in [-0.1, -0.05) is 92.5 Å². The van der Waals surface area contributed by atoms with Crippen molar-refractivity contribution >= 4 is 11.1 Å². The number of rotatable bonds is 0. The van der Waals surface area contributed by atoms with Gasteiger partial charge in [-0.15, -0.1) is 0 Å². The van der Waals surface area contributed by atoms with Crippen LogP contribution in [0, 0.1) is 21.7 Å². The van der Waals surface area contributed by atoms with Crippen molar-refractivity contribution < 1.29 is 0 Å². The average molecular weight is 503 g/mol. The first-order chi connectivity index (χ1) is 17.5. The molecule has 0 radical (unpaired) electrons. The van der Waals surface area contributed by atoms with Gasteiger partial charge < -0.3 is 0 Å². The molecule has 0 spiro atoms. The Morgan fingerprint density at radius 2 is 0.816 bits per heavy atom. The summed E-state index contributed by atoms with van der Waals surface area (Å²) in [5.41, 5.74) is 26.7. The molecule has 0 nitrogen and oxygen atoms in total. The highest BCUT2D eigenvalue weighted by atomic mass is 14.5. The molecule has 0 atom stereocenters. The highest BCUT2D eigenvalue weighted by Gasteiger charge is 2.51. The Kier molecular flexibility index (Phi) is 4.46. The van der Waals surface area contributed by atoms with Crippen LogP contribution in [0.15, 0.2) is 67.9 Å². The Hall–Kier alpha value is -2.34. The summed E-state index contributed by atoms with van der Waals surface area (Å²) in [5.74, 6) is 0. The van der Waals surface area contributed by atoms with Gasteiger partial charge in [-0.25, -0.2) is 0 Å². The third-order valence-corrected chi connectivity index (χ3v) is 11.2. The highest BCUT2D eigenvalue weighted by Crippen LogP contribution is 2.66. The zero-order chi connectivity index (χ0) is 27.5. The first kappa shape index (κ1) is 24.7. The molecular weight excluding hydrogens is 456 g/mol. The lowest BCUT2D eigenvalue weighted by atomic mass is 9.72. The van der Waals surface area contributed by atoms with Crippen LogP contribution in [-0.2, 0) is 12.8 Å². The summed E-state index contributed by atoms with van der Waals surface area (Å²) in [6.45, 7) is 29.2. The van der Waals surface area contributed by atoms with E-state index in [1.807, 2.05) is 0 Å². The van der Waals surface area contributed by atoms with E-state index in [4.69, 9.17) is 0 Å². The van der Waals surface area contributed by atoms with Crippen molar-refractivity contribution in [3.63, 3.8) is 0 Å². The van der Waals surface area contributed by atoms with E-state index in [1.54, 1.807) is 89.1 Å². The third kappa shape index (κ3) is 2.78. The van der Waals surface area contributed by atoms with Crippen LogP contribution in [-0.4, -0.2) is 0 Å². The number of allylic oxidation sites excluding steroid dienone is 12. The quantitative estimate of drug-likeness (QED) is 0.331. The van der Waals surface area contributed by atoms with Crippen LogP contribution in [0.2, 0.25) is 0 Å². The predicted octanol–water partition coefficient (Wildman–Crippen LogP) is 10.5. The van der Waals surface area contributed by atoms with Crippen molar-refractivity contribution in [1.29, 1.82) is 0 Å². The smallest absolute Gasteiger partial charge is 0.0161 e. The second kappa shape index (κ2) is 6.86. The van der Waals surface area contributed by atoms with Crippen molar-refractivity contribution in [2.75, 3.05) is 0 Å². The van der Waals surface area contributed by atoms with Gasteiger partial charge in [0.25, 0.3) is 0 Å². The fourth-order valence-electron chi connectivity index (χ4n) is 9.94. The van der Waals surface area contributed by atoms with Gasteiger partial charge in [-0.3, -0.25) is 0 Å². The molecule has 1 aromatic carbocycles. The van der Waals surface area contributed by atoms with E-state index in [9.17, 15) is 0 Å². The van der Waals surface area contributed by atoms with Crippen LogP contribution < -0.4 is 0 Å². The fourth-order valence-corrected chi connectivity index (χ4v) is 9.94. The molecule has 0 N–H and O–H groups in total. The zero-order valence-corrected chi connectivity index (χ0v) is 26.0. The normalized spacial score (nSPS) is 24.7. The Morgan fingerprint density at radius 3 is 1.13 bits per heavy atom. The zero-order valence-electron chi connectivity index (χ0n) is 26.0. The predicted molar refractivity (Wildman–Crippen MR) is 163 cm³/mol. The maximum absolute atomic E-state index is 2.63. The van der Waals surface area contributed by atoms with E-state index < -0.39 is 0 Å². The van der Waals surface area contributed by atoms with Gasteiger partial charge in [0.05, 0.1) is 0 Å². The maximum atomic E-state index is 2.63. The van der Waals surface area contributed by atoms with Gasteiger partial charge >= 0.3 is 0 Å². The molecule has 0 amide bonds. The molecule has 6 aliphatic rings. The Labute approximate surface area is 231 Å². The van der Waals surface area contributed by atoms with Crippen molar-refractivity contribution in [3.05, 3.63) is 90.1 Å². The summed E-state index contributed by atoms with van der Waals surface area (Å²) >= 11 is 0. The molecule has 0 saturated carbocycles. The van der Waals surface area contributed by atoms with E-state index in [1.165, 1.54) is 0 Å². The van der Waals surface area contributed by atoms with Gasteiger partial charge in [0.2, 0.25) is 0 Å². The Bertz CT molecular complexity index is 1470. The third-order valence-electron chi connectivity index (χ3n) is 11.2. The lowest BCUT2D eigenvalue weighted by molar-refractivity contribution is 0.489. The molecule has 0 bridgehead atoms. The van der Waals surface area contributed by atoms with Crippen molar-refractivity contribution in [2.24, 2.45) is 21.7 Å². The summed E-state index contributed by atoms with van der Waals surface area (Å²) in [5, 5.41) is 0. The highest BCUT2D eigenvalue weighted by molar-refractivity contribution is 5.96. The van der Waals surface area contributed by atoms with E-state index >= 15 is 0 Å². The number of hydrogen-bond donors (Lipinski definition) is 0.